The van der Waals surface area contributed by atoms with Crippen LogP contribution in [-0.2, 0) is 0 Å². The fraction of sp³-hybridized carbons (Fsp3) is 0. The van der Waals surface area contributed by atoms with Gasteiger partial charge in [-0.05, 0) is 17.7 Å². The first kappa shape index (κ1) is 15.8. The summed E-state index contributed by atoms with van der Waals surface area (Å²) in [5.41, 5.74) is -2.90. The van der Waals surface area contributed by atoms with Crippen molar-refractivity contribution in [3.63, 3.8) is 0 Å². The van der Waals surface area contributed by atoms with E-state index in [1.807, 2.05) is 0 Å². The summed E-state index contributed by atoms with van der Waals surface area (Å²) in [7, 11) is 0. The van der Waals surface area contributed by atoms with E-state index in [2.05, 4.69) is 0 Å². The normalized spacial score (nSPS) is 10.4. The van der Waals surface area contributed by atoms with E-state index in [0.29, 0.717) is 0 Å². The number of non-ortho nitro benzene ring substituents is 1. The van der Waals surface area contributed by atoms with E-state index < -0.39 is 23.1 Å². The van der Waals surface area contributed by atoms with Gasteiger partial charge in [-0.3, -0.25) is 10.1 Å². The molecular weight excluding hydrogens is 253 g/mol. The molecule has 1 aromatic rings. The molecule has 0 aromatic heterocycles. The van der Waals surface area contributed by atoms with Crippen LogP contribution in [0.1, 0.15) is 10.4 Å². The Balaban J connectivity index is 0.00000225. The molecule has 0 atom stereocenters. The molecule has 4 nitrogen and oxygen atoms in total. The molecule has 0 aliphatic rings. The number of halogens is 3. The molecule has 0 unspecified atom stereocenters. The summed E-state index contributed by atoms with van der Waals surface area (Å²) < 4.78 is 35.9. The van der Waals surface area contributed by atoms with Gasteiger partial charge in [0.25, 0.3) is 5.69 Å². The fourth-order valence-corrected chi connectivity index (χ4v) is 0.936. The van der Waals surface area contributed by atoms with Crippen molar-refractivity contribution in [1.29, 1.82) is 0 Å². The van der Waals surface area contributed by atoms with E-state index in [9.17, 15) is 27.9 Å². The number of nitro groups is 1. The number of nitrogens with zero attached hydrogens (tertiary/aromatic N) is 1. The van der Waals surface area contributed by atoms with Crippen molar-refractivity contribution in [3.05, 3.63) is 39.9 Å². The maximum atomic E-state index is 12.0. The van der Waals surface area contributed by atoms with Gasteiger partial charge in [0.1, 0.15) is 5.68 Å². The largest absolute Gasteiger partial charge is 1.00 e. The first-order valence-corrected chi connectivity index (χ1v) is 3.81. The Morgan fingerprint density at radius 3 is 1.94 bits per heavy atom. The molecule has 1 rings (SSSR count). The Hall–Kier alpha value is -0.219. The molecule has 80 valence electrons. The Labute approximate surface area is 131 Å². The zero-order valence-corrected chi connectivity index (χ0v) is 11.3. The van der Waals surface area contributed by atoms with Crippen molar-refractivity contribution >= 4 is 18.3 Å². The van der Waals surface area contributed by atoms with Crippen LogP contribution >= 0.6 is 0 Å². The molecule has 0 amide bonds. The minimum Gasteiger partial charge on any atom is -0.443 e. The zero-order valence-electron chi connectivity index (χ0n) is 8.19. The van der Waals surface area contributed by atoms with Crippen molar-refractivity contribution < 1.29 is 74.0 Å². The van der Waals surface area contributed by atoms with Gasteiger partial charge in [-0.1, -0.05) is 0 Å². The number of carbonyl (C=O) groups excluding carboxylic acids is 1. The topological polar surface area (TPSA) is 60.2 Å². The van der Waals surface area contributed by atoms with Crippen LogP contribution in [0, 0.1) is 10.1 Å². The molecule has 0 heterocycles. The summed E-state index contributed by atoms with van der Waals surface area (Å²) in [6, 6.07) is 3.29. The average molecular weight is 257 g/mol. The summed E-state index contributed by atoms with van der Waals surface area (Å²) in [5, 5.41) is 10.2. The molecule has 0 aliphatic carbocycles. The van der Waals surface area contributed by atoms with Crippen LogP contribution in [0.15, 0.2) is 24.3 Å². The second kappa shape index (κ2) is 5.92. The van der Waals surface area contributed by atoms with E-state index in [1.54, 1.807) is 0 Å². The van der Waals surface area contributed by atoms with Crippen molar-refractivity contribution in [2.45, 2.75) is 0 Å². The Kier molecular flexibility index (Phi) is 5.84. The minimum atomic E-state index is -5.59. The molecule has 16 heavy (non-hydrogen) atoms. The number of hydrogen-bond acceptors (Lipinski definition) is 3. The smallest absolute Gasteiger partial charge is 0.443 e. The van der Waals surface area contributed by atoms with Gasteiger partial charge in [0, 0.05) is 12.1 Å². The van der Waals surface area contributed by atoms with Crippen LogP contribution in [0.25, 0.3) is 0 Å². The predicted molar refractivity (Wildman–Crippen MR) is 46.5 cm³/mol. The van der Waals surface area contributed by atoms with Gasteiger partial charge in [-0.15, -0.1) is 0 Å². The van der Waals surface area contributed by atoms with Crippen LogP contribution in [0.2, 0.25) is 0 Å². The number of rotatable bonds is 3. The van der Waals surface area contributed by atoms with Crippen molar-refractivity contribution in [1.82, 2.24) is 0 Å². The second-order valence-corrected chi connectivity index (χ2v) is 2.74. The summed E-state index contributed by atoms with van der Waals surface area (Å²) >= 11 is 0. The molecule has 0 spiro atoms. The van der Waals surface area contributed by atoms with Gasteiger partial charge < -0.3 is 17.7 Å². The van der Waals surface area contributed by atoms with Gasteiger partial charge in [0.05, 0.1) is 4.92 Å². The molecule has 9 heteroatoms. The summed E-state index contributed by atoms with van der Waals surface area (Å²) in [6.45, 7) is -5.59. The van der Waals surface area contributed by atoms with Gasteiger partial charge >= 0.3 is 58.4 Å². The first-order chi connectivity index (χ1) is 6.82. The minimum absolute atomic E-state index is 0. The van der Waals surface area contributed by atoms with Gasteiger partial charge in [-0.2, -0.15) is 0 Å². The Bertz CT molecular complexity index is 406. The van der Waals surface area contributed by atoms with Crippen molar-refractivity contribution in [3.8, 4) is 0 Å². The van der Waals surface area contributed by atoms with Crippen molar-refractivity contribution in [2.24, 2.45) is 0 Å². The van der Waals surface area contributed by atoms with E-state index in [0.717, 1.165) is 24.3 Å². The average Bonchev–Trinajstić information content (AvgIpc) is 2.15. The third-order valence-corrected chi connectivity index (χ3v) is 1.66. The maximum absolute atomic E-state index is 12.0. The number of carbonyl (C=O) groups is 1. The van der Waals surface area contributed by atoms with Crippen LogP contribution in [0.4, 0.5) is 18.6 Å². The van der Waals surface area contributed by atoms with Gasteiger partial charge in [0.2, 0.25) is 0 Å². The third-order valence-electron chi connectivity index (χ3n) is 1.66. The molecule has 0 N–H and O–H groups in total. The standard InChI is InChI=1S/C7H4BF3NO3.K/c9-8(10,11)7(13)5-1-3-6(4-2-5)12(14)15;/h1-4H;/q-1;+1. The quantitative estimate of drug-likeness (QED) is 0.403. The monoisotopic (exact) mass is 257 g/mol. The first-order valence-electron chi connectivity index (χ1n) is 3.81. The molecule has 1 aromatic carbocycles. The van der Waals surface area contributed by atoms with Crippen LogP contribution in [0.3, 0.4) is 0 Å². The van der Waals surface area contributed by atoms with E-state index in [4.69, 9.17) is 0 Å². The Morgan fingerprint density at radius 1 is 1.19 bits per heavy atom. The van der Waals surface area contributed by atoms with E-state index >= 15 is 0 Å². The SMILES string of the molecule is O=C(c1ccc([N+](=O)[O-])cc1)[B-](F)(F)F.[K+]. The van der Waals surface area contributed by atoms with Crippen LogP contribution in [0.5, 0.6) is 0 Å². The summed E-state index contributed by atoms with van der Waals surface area (Å²) in [6.07, 6.45) is 0. The molecular formula is C7H4BF3KNO3. The number of hydrogen-bond donors (Lipinski definition) is 0. The number of benzene rings is 1. The summed E-state index contributed by atoms with van der Waals surface area (Å²) in [5.74, 6) is 0. The fourth-order valence-electron chi connectivity index (χ4n) is 0.936. The van der Waals surface area contributed by atoms with Crippen LogP contribution in [-0.4, -0.2) is 17.6 Å². The third kappa shape index (κ3) is 3.98. The van der Waals surface area contributed by atoms with Crippen LogP contribution < -0.4 is 51.4 Å². The second-order valence-electron chi connectivity index (χ2n) is 2.74. The zero-order chi connectivity index (χ0) is 11.6. The van der Waals surface area contributed by atoms with Gasteiger partial charge in [0.15, 0.2) is 0 Å². The number of nitro benzene ring substituents is 1. The van der Waals surface area contributed by atoms with Gasteiger partial charge in [-0.25, -0.2) is 0 Å². The molecule has 0 radical (unpaired) electrons. The molecule has 0 saturated heterocycles. The predicted octanol–water partition coefficient (Wildman–Crippen LogP) is -0.832. The molecule has 0 aliphatic heterocycles. The van der Waals surface area contributed by atoms with E-state index in [1.165, 1.54) is 0 Å². The maximum Gasteiger partial charge on any atom is 1.00 e. The van der Waals surface area contributed by atoms with Crippen molar-refractivity contribution in [2.75, 3.05) is 0 Å². The molecule has 0 fully saturated rings. The molecule has 0 saturated carbocycles. The molecule has 0 bridgehead atoms. The van der Waals surface area contributed by atoms with E-state index in [-0.39, 0.29) is 57.1 Å². The Morgan fingerprint density at radius 2 is 1.62 bits per heavy atom. The summed E-state index contributed by atoms with van der Waals surface area (Å²) in [4.78, 5) is 20.1.